The number of aromatic nitrogens is 2. The van der Waals surface area contributed by atoms with Gasteiger partial charge in [-0.3, -0.25) is 4.79 Å². The molecule has 0 fully saturated rings. The third-order valence-corrected chi connectivity index (χ3v) is 4.02. The fourth-order valence-electron chi connectivity index (χ4n) is 2.05. The highest BCUT2D eigenvalue weighted by molar-refractivity contribution is 7.18. The third kappa shape index (κ3) is 3.20. The van der Waals surface area contributed by atoms with Gasteiger partial charge < -0.3 is 10.4 Å². The maximum atomic E-state index is 10.9. The number of carboxylic acids is 1. The number of hydrogen-bond donors (Lipinski definition) is 2. The molecule has 1 atom stereocenters. The van der Waals surface area contributed by atoms with E-state index in [0.717, 1.165) is 34.4 Å². The van der Waals surface area contributed by atoms with E-state index in [9.17, 15) is 4.79 Å². The highest BCUT2D eigenvalue weighted by Gasteiger charge is 2.15. The summed E-state index contributed by atoms with van der Waals surface area (Å²) in [6.45, 7) is 4.05. The summed E-state index contributed by atoms with van der Waals surface area (Å²) in [6, 6.07) is -0.0944. The van der Waals surface area contributed by atoms with Crippen LogP contribution in [0.15, 0.2) is 11.7 Å². The van der Waals surface area contributed by atoms with Crippen LogP contribution in [0.1, 0.15) is 31.7 Å². The lowest BCUT2D eigenvalue weighted by atomic mass is 10.1. The van der Waals surface area contributed by atoms with E-state index in [2.05, 4.69) is 15.3 Å². The fourth-order valence-corrected chi connectivity index (χ4v) is 3.00. The number of fused-ring (bicyclic) bond motifs is 1. The summed E-state index contributed by atoms with van der Waals surface area (Å²) in [5, 5.41) is 14.2. The Hall–Kier alpha value is -1.69. The number of aliphatic carboxylic acids is 1. The standard InChI is InChI=1S/C13H17N3O2S/c1-3-4-9(5-10(17)18)16-13-12-11(14-7-15-13)8(2)6-19-12/h6-7,9H,3-5H2,1-2H3,(H,17,18)(H,14,15,16). The molecular weight excluding hydrogens is 262 g/mol. The second kappa shape index (κ2) is 5.97. The first-order valence-electron chi connectivity index (χ1n) is 6.29. The molecule has 1 unspecified atom stereocenters. The Labute approximate surface area is 115 Å². The first-order valence-corrected chi connectivity index (χ1v) is 7.17. The van der Waals surface area contributed by atoms with E-state index in [4.69, 9.17) is 5.11 Å². The van der Waals surface area contributed by atoms with Gasteiger partial charge in [0.2, 0.25) is 0 Å². The van der Waals surface area contributed by atoms with Crippen LogP contribution in [-0.4, -0.2) is 27.1 Å². The van der Waals surface area contributed by atoms with Gasteiger partial charge in [-0.15, -0.1) is 11.3 Å². The zero-order valence-corrected chi connectivity index (χ0v) is 11.8. The van der Waals surface area contributed by atoms with Gasteiger partial charge in [-0.1, -0.05) is 13.3 Å². The molecule has 0 aromatic carbocycles. The van der Waals surface area contributed by atoms with Gasteiger partial charge in [0.15, 0.2) is 0 Å². The van der Waals surface area contributed by atoms with E-state index >= 15 is 0 Å². The van der Waals surface area contributed by atoms with Crippen molar-refractivity contribution in [3.8, 4) is 0 Å². The summed E-state index contributed by atoms with van der Waals surface area (Å²) in [4.78, 5) is 19.4. The van der Waals surface area contributed by atoms with Gasteiger partial charge in [0.05, 0.1) is 16.6 Å². The first-order chi connectivity index (χ1) is 9.11. The van der Waals surface area contributed by atoms with Crippen LogP contribution in [0, 0.1) is 6.92 Å². The predicted octanol–water partition coefficient (Wildman–Crippen LogP) is 3.06. The van der Waals surface area contributed by atoms with Crippen molar-refractivity contribution in [1.29, 1.82) is 0 Å². The SMILES string of the molecule is CCCC(CC(=O)O)Nc1ncnc2c(C)csc12. The van der Waals surface area contributed by atoms with Gasteiger partial charge in [0, 0.05) is 6.04 Å². The topological polar surface area (TPSA) is 75.1 Å². The number of nitrogens with one attached hydrogen (secondary N) is 1. The van der Waals surface area contributed by atoms with Gasteiger partial charge >= 0.3 is 5.97 Å². The number of aryl methyl sites for hydroxylation is 1. The number of nitrogens with zero attached hydrogens (tertiary/aromatic N) is 2. The number of anilines is 1. The molecule has 19 heavy (non-hydrogen) atoms. The fraction of sp³-hybridized carbons (Fsp3) is 0.462. The van der Waals surface area contributed by atoms with Gasteiger partial charge in [0.25, 0.3) is 0 Å². The summed E-state index contributed by atoms with van der Waals surface area (Å²) in [7, 11) is 0. The molecule has 2 aromatic heterocycles. The van der Waals surface area contributed by atoms with Crippen LogP contribution in [0.25, 0.3) is 10.2 Å². The minimum atomic E-state index is -0.793. The molecule has 6 heteroatoms. The number of carboxylic acid groups (broad SMARTS) is 1. The van der Waals surface area contributed by atoms with Crippen molar-refractivity contribution < 1.29 is 9.90 Å². The van der Waals surface area contributed by atoms with Crippen LogP contribution in [-0.2, 0) is 4.79 Å². The summed E-state index contributed by atoms with van der Waals surface area (Å²) in [6.07, 6.45) is 3.36. The summed E-state index contributed by atoms with van der Waals surface area (Å²) >= 11 is 1.58. The summed E-state index contributed by atoms with van der Waals surface area (Å²) in [5.41, 5.74) is 2.06. The van der Waals surface area contributed by atoms with E-state index in [1.807, 2.05) is 19.2 Å². The third-order valence-electron chi connectivity index (χ3n) is 2.93. The number of thiophene rings is 1. The molecule has 2 heterocycles. The number of rotatable bonds is 6. The Morgan fingerprint density at radius 1 is 1.53 bits per heavy atom. The van der Waals surface area contributed by atoms with Crippen molar-refractivity contribution in [2.45, 2.75) is 39.2 Å². The lowest BCUT2D eigenvalue weighted by Gasteiger charge is -2.16. The normalized spacial score (nSPS) is 12.5. The molecule has 0 amide bonds. The predicted molar refractivity (Wildman–Crippen MR) is 76.7 cm³/mol. The van der Waals surface area contributed by atoms with Gasteiger partial charge in [-0.25, -0.2) is 9.97 Å². The molecular formula is C13H17N3O2S. The smallest absolute Gasteiger partial charge is 0.305 e. The second-order valence-corrected chi connectivity index (χ2v) is 5.43. The second-order valence-electron chi connectivity index (χ2n) is 4.55. The monoisotopic (exact) mass is 279 g/mol. The molecule has 102 valence electrons. The zero-order chi connectivity index (χ0) is 13.8. The molecule has 0 radical (unpaired) electrons. The van der Waals surface area contributed by atoms with Crippen molar-refractivity contribution in [1.82, 2.24) is 9.97 Å². The zero-order valence-electron chi connectivity index (χ0n) is 11.0. The molecule has 0 spiro atoms. The van der Waals surface area contributed by atoms with Crippen LogP contribution >= 0.6 is 11.3 Å². The van der Waals surface area contributed by atoms with E-state index in [-0.39, 0.29) is 12.5 Å². The highest BCUT2D eigenvalue weighted by Crippen LogP contribution is 2.29. The van der Waals surface area contributed by atoms with Crippen molar-refractivity contribution in [2.75, 3.05) is 5.32 Å². The summed E-state index contributed by atoms with van der Waals surface area (Å²) < 4.78 is 0.992. The Balaban J connectivity index is 2.25. The number of carbonyl (C=O) groups is 1. The molecule has 0 aliphatic heterocycles. The number of hydrogen-bond acceptors (Lipinski definition) is 5. The van der Waals surface area contributed by atoms with Crippen LogP contribution in [0.5, 0.6) is 0 Å². The summed E-state index contributed by atoms with van der Waals surface area (Å²) in [5.74, 6) is -0.0542. The molecule has 0 saturated heterocycles. The largest absolute Gasteiger partial charge is 0.481 e. The molecule has 0 bridgehead atoms. The Kier molecular flexibility index (Phi) is 4.31. The Morgan fingerprint density at radius 2 is 2.32 bits per heavy atom. The molecule has 0 saturated carbocycles. The van der Waals surface area contributed by atoms with Gasteiger partial charge in [-0.2, -0.15) is 0 Å². The van der Waals surface area contributed by atoms with Gasteiger partial charge in [-0.05, 0) is 24.3 Å². The molecule has 5 nitrogen and oxygen atoms in total. The van der Waals surface area contributed by atoms with Crippen molar-refractivity contribution in [2.24, 2.45) is 0 Å². The van der Waals surface area contributed by atoms with E-state index in [1.54, 1.807) is 11.3 Å². The minimum absolute atomic E-state index is 0.0944. The maximum Gasteiger partial charge on any atom is 0.305 e. The van der Waals surface area contributed by atoms with E-state index < -0.39 is 5.97 Å². The van der Waals surface area contributed by atoms with Crippen molar-refractivity contribution >= 4 is 33.3 Å². The lowest BCUT2D eigenvalue weighted by Crippen LogP contribution is -2.23. The molecule has 2 aromatic rings. The minimum Gasteiger partial charge on any atom is -0.481 e. The average Bonchev–Trinajstić information content (AvgIpc) is 2.72. The van der Waals surface area contributed by atoms with Gasteiger partial charge in [0.1, 0.15) is 12.1 Å². The highest BCUT2D eigenvalue weighted by atomic mass is 32.1. The molecule has 0 aliphatic rings. The average molecular weight is 279 g/mol. The molecule has 0 aliphatic carbocycles. The van der Waals surface area contributed by atoms with Crippen LogP contribution < -0.4 is 5.32 Å². The van der Waals surface area contributed by atoms with Crippen molar-refractivity contribution in [3.05, 3.63) is 17.3 Å². The molecule has 2 rings (SSSR count). The Bertz CT molecular complexity index is 582. The first kappa shape index (κ1) is 13.7. The lowest BCUT2D eigenvalue weighted by molar-refractivity contribution is -0.137. The van der Waals surface area contributed by atoms with Crippen LogP contribution in [0.2, 0.25) is 0 Å². The van der Waals surface area contributed by atoms with Crippen molar-refractivity contribution in [3.63, 3.8) is 0 Å². The quantitative estimate of drug-likeness (QED) is 0.850. The molecule has 2 N–H and O–H groups in total. The van der Waals surface area contributed by atoms with Crippen LogP contribution in [0.3, 0.4) is 0 Å². The van der Waals surface area contributed by atoms with E-state index in [0.29, 0.717) is 0 Å². The maximum absolute atomic E-state index is 10.9. The van der Waals surface area contributed by atoms with E-state index in [1.165, 1.54) is 6.33 Å². The van der Waals surface area contributed by atoms with Crippen LogP contribution in [0.4, 0.5) is 5.82 Å². The Morgan fingerprint density at radius 3 is 3.00 bits per heavy atom.